The molecule has 0 amide bonds. The van der Waals surface area contributed by atoms with Crippen LogP contribution in [0.5, 0.6) is 0 Å². The molecule has 3 N–H and O–H groups in total. The van der Waals surface area contributed by atoms with Crippen molar-refractivity contribution in [2.24, 2.45) is 0 Å². The summed E-state index contributed by atoms with van der Waals surface area (Å²) in [5.41, 5.74) is 1.80. The molecule has 7 heteroatoms. The Bertz CT molecular complexity index is 516. The molecule has 0 bridgehead atoms. The van der Waals surface area contributed by atoms with Gasteiger partial charge in [0.1, 0.15) is 0 Å². The van der Waals surface area contributed by atoms with E-state index in [1.807, 2.05) is 0 Å². The smallest absolute Gasteiger partial charge is 0.155 e. The number of hydrogen-bond donors (Lipinski definition) is 3. The van der Waals surface area contributed by atoms with Crippen LogP contribution in [-0.4, -0.2) is 43.5 Å². The van der Waals surface area contributed by atoms with Crippen LogP contribution in [-0.2, 0) is 22.0 Å². The third kappa shape index (κ3) is 2.16. The van der Waals surface area contributed by atoms with Gasteiger partial charge >= 0.3 is 0 Å². The average molecular weight is 256 g/mol. The number of aromatic amines is 1. The number of H-pyrrole nitrogens is 1. The van der Waals surface area contributed by atoms with Gasteiger partial charge in [-0.25, -0.2) is 8.42 Å². The molecule has 0 spiro atoms. The SMILES string of the molecule is O=S1(=O)CCc2[nH]nc(NC3CCNC3)c2C1. The predicted molar refractivity (Wildman–Crippen MR) is 64.7 cm³/mol. The van der Waals surface area contributed by atoms with E-state index in [0.717, 1.165) is 36.6 Å². The first-order valence-corrected chi connectivity index (χ1v) is 7.70. The third-order valence-corrected chi connectivity index (χ3v) is 4.94. The first kappa shape index (κ1) is 11.0. The Morgan fingerprint density at radius 2 is 2.29 bits per heavy atom. The lowest BCUT2D eigenvalue weighted by atomic mass is 10.2. The van der Waals surface area contributed by atoms with Crippen LogP contribution in [0.4, 0.5) is 5.82 Å². The number of nitrogens with one attached hydrogen (secondary N) is 3. The van der Waals surface area contributed by atoms with Crippen molar-refractivity contribution in [1.29, 1.82) is 0 Å². The van der Waals surface area contributed by atoms with Crippen LogP contribution in [0.2, 0.25) is 0 Å². The van der Waals surface area contributed by atoms with Crippen molar-refractivity contribution in [3.63, 3.8) is 0 Å². The first-order valence-electron chi connectivity index (χ1n) is 5.88. The highest BCUT2D eigenvalue weighted by Gasteiger charge is 2.27. The average Bonchev–Trinajstić information content (AvgIpc) is 2.88. The van der Waals surface area contributed by atoms with Crippen LogP contribution < -0.4 is 10.6 Å². The Balaban J connectivity index is 1.84. The minimum Gasteiger partial charge on any atom is -0.364 e. The molecule has 6 nitrogen and oxygen atoms in total. The predicted octanol–water partition coefficient (Wildman–Crippen LogP) is -0.346. The van der Waals surface area contributed by atoms with Gasteiger partial charge in [-0.15, -0.1) is 0 Å². The number of aryl methyl sites for hydroxylation is 1. The summed E-state index contributed by atoms with van der Waals surface area (Å²) in [4.78, 5) is 0. The van der Waals surface area contributed by atoms with Gasteiger partial charge in [0.2, 0.25) is 0 Å². The molecule has 2 aliphatic rings. The molecule has 0 aliphatic carbocycles. The molecular weight excluding hydrogens is 240 g/mol. The number of rotatable bonds is 2. The molecule has 3 rings (SSSR count). The summed E-state index contributed by atoms with van der Waals surface area (Å²) < 4.78 is 23.2. The summed E-state index contributed by atoms with van der Waals surface area (Å²) >= 11 is 0. The zero-order chi connectivity index (χ0) is 11.9. The molecule has 0 saturated carbocycles. The largest absolute Gasteiger partial charge is 0.364 e. The molecule has 1 aromatic heterocycles. The summed E-state index contributed by atoms with van der Waals surface area (Å²) in [6.45, 7) is 1.91. The maximum absolute atomic E-state index is 11.6. The van der Waals surface area contributed by atoms with Gasteiger partial charge in [0, 0.05) is 30.3 Å². The van der Waals surface area contributed by atoms with E-state index in [-0.39, 0.29) is 11.5 Å². The highest BCUT2D eigenvalue weighted by Crippen LogP contribution is 2.26. The molecule has 1 fully saturated rings. The van der Waals surface area contributed by atoms with Crippen LogP contribution >= 0.6 is 0 Å². The van der Waals surface area contributed by atoms with E-state index in [1.165, 1.54) is 0 Å². The van der Waals surface area contributed by atoms with Gasteiger partial charge in [-0.1, -0.05) is 0 Å². The van der Waals surface area contributed by atoms with Crippen molar-refractivity contribution >= 4 is 15.7 Å². The number of hydrogen-bond acceptors (Lipinski definition) is 5. The lowest BCUT2D eigenvalue weighted by molar-refractivity contribution is 0.591. The highest BCUT2D eigenvalue weighted by atomic mass is 32.2. The van der Waals surface area contributed by atoms with Gasteiger partial charge < -0.3 is 10.6 Å². The second-order valence-electron chi connectivity index (χ2n) is 4.71. The minimum absolute atomic E-state index is 0.112. The Kier molecular flexibility index (Phi) is 2.59. The van der Waals surface area contributed by atoms with Crippen LogP contribution in [0.3, 0.4) is 0 Å². The van der Waals surface area contributed by atoms with Gasteiger partial charge in [0.25, 0.3) is 0 Å². The maximum Gasteiger partial charge on any atom is 0.155 e. The van der Waals surface area contributed by atoms with Crippen molar-refractivity contribution in [3.8, 4) is 0 Å². The Labute approximate surface area is 100 Å². The summed E-state index contributed by atoms with van der Waals surface area (Å²) in [7, 11) is -2.94. The molecule has 94 valence electrons. The number of fused-ring (bicyclic) bond motifs is 1. The summed E-state index contributed by atoms with van der Waals surface area (Å²) in [5, 5.41) is 13.7. The van der Waals surface area contributed by atoms with Gasteiger partial charge in [0.05, 0.1) is 11.5 Å². The quantitative estimate of drug-likeness (QED) is 0.673. The number of sulfone groups is 1. The molecule has 3 heterocycles. The molecule has 1 atom stereocenters. The molecule has 17 heavy (non-hydrogen) atoms. The molecule has 1 aromatic rings. The third-order valence-electron chi connectivity index (χ3n) is 3.38. The Morgan fingerprint density at radius 3 is 3.06 bits per heavy atom. The van der Waals surface area contributed by atoms with Gasteiger partial charge in [-0.2, -0.15) is 5.10 Å². The molecule has 1 saturated heterocycles. The zero-order valence-corrected chi connectivity index (χ0v) is 10.3. The number of nitrogens with zero attached hydrogens (tertiary/aromatic N) is 1. The fourth-order valence-electron chi connectivity index (χ4n) is 2.40. The fraction of sp³-hybridized carbons (Fsp3) is 0.700. The summed E-state index contributed by atoms with van der Waals surface area (Å²) in [5.74, 6) is 1.06. The topological polar surface area (TPSA) is 86.9 Å². The van der Waals surface area contributed by atoms with Crippen molar-refractivity contribution in [1.82, 2.24) is 15.5 Å². The standard InChI is InChI=1S/C10H16N4O2S/c15-17(16)4-2-9-8(6-17)10(14-13-9)12-7-1-3-11-5-7/h7,11H,1-6H2,(H2,12,13,14). The zero-order valence-electron chi connectivity index (χ0n) is 9.49. The van der Waals surface area contributed by atoms with E-state index < -0.39 is 9.84 Å². The second-order valence-corrected chi connectivity index (χ2v) is 6.89. The van der Waals surface area contributed by atoms with E-state index in [4.69, 9.17) is 0 Å². The number of anilines is 1. The maximum atomic E-state index is 11.6. The normalized spacial score (nSPS) is 26.7. The molecule has 0 radical (unpaired) electrons. The van der Waals surface area contributed by atoms with E-state index >= 15 is 0 Å². The van der Waals surface area contributed by atoms with Crippen LogP contribution in [0.25, 0.3) is 0 Å². The van der Waals surface area contributed by atoms with Crippen molar-refractivity contribution in [3.05, 3.63) is 11.3 Å². The van der Waals surface area contributed by atoms with Crippen molar-refractivity contribution in [2.75, 3.05) is 24.2 Å². The fourth-order valence-corrected chi connectivity index (χ4v) is 3.81. The monoisotopic (exact) mass is 256 g/mol. The highest BCUT2D eigenvalue weighted by molar-refractivity contribution is 7.90. The molecule has 0 aromatic carbocycles. The second kappa shape index (κ2) is 3.99. The van der Waals surface area contributed by atoms with Gasteiger partial charge in [-0.3, -0.25) is 5.10 Å². The lowest BCUT2D eigenvalue weighted by Crippen LogP contribution is -2.24. The van der Waals surface area contributed by atoms with E-state index in [9.17, 15) is 8.42 Å². The van der Waals surface area contributed by atoms with Crippen molar-refractivity contribution in [2.45, 2.75) is 24.6 Å². The van der Waals surface area contributed by atoms with Crippen LogP contribution in [0.15, 0.2) is 0 Å². The minimum atomic E-state index is -2.94. The van der Waals surface area contributed by atoms with Gasteiger partial charge in [0.15, 0.2) is 15.7 Å². The Hall–Kier alpha value is -1.08. The molecular formula is C10H16N4O2S. The van der Waals surface area contributed by atoms with Crippen molar-refractivity contribution < 1.29 is 8.42 Å². The molecule has 2 aliphatic heterocycles. The van der Waals surface area contributed by atoms with E-state index in [1.54, 1.807) is 0 Å². The van der Waals surface area contributed by atoms with E-state index in [0.29, 0.717) is 12.5 Å². The van der Waals surface area contributed by atoms with Crippen LogP contribution in [0, 0.1) is 0 Å². The summed E-state index contributed by atoms with van der Waals surface area (Å²) in [6.07, 6.45) is 1.60. The lowest BCUT2D eigenvalue weighted by Gasteiger charge is -2.15. The first-order chi connectivity index (χ1) is 8.14. The number of aromatic nitrogens is 2. The van der Waals surface area contributed by atoms with Gasteiger partial charge in [-0.05, 0) is 13.0 Å². The van der Waals surface area contributed by atoms with Crippen LogP contribution in [0.1, 0.15) is 17.7 Å². The summed E-state index contributed by atoms with van der Waals surface area (Å²) in [6, 6.07) is 0.354. The Morgan fingerprint density at radius 1 is 1.41 bits per heavy atom. The molecule has 1 unspecified atom stereocenters. The van der Waals surface area contributed by atoms with E-state index in [2.05, 4.69) is 20.8 Å².